The minimum atomic E-state index is -3.59. The topological polar surface area (TPSA) is 72.2 Å². The number of nitrogens with two attached hydrogens (primary N) is 1. The first-order chi connectivity index (χ1) is 9.42. The highest BCUT2D eigenvalue weighted by molar-refractivity contribution is 9.10. The third-order valence-electron chi connectivity index (χ3n) is 2.47. The van der Waals surface area contributed by atoms with Crippen molar-refractivity contribution in [1.29, 1.82) is 0 Å². The first kappa shape index (κ1) is 15.8. The molecule has 2 rings (SSSR count). The molecule has 8 heteroatoms. The maximum atomic E-state index is 12.3. The molecule has 0 radical (unpaired) electrons. The van der Waals surface area contributed by atoms with Gasteiger partial charge < -0.3 is 5.73 Å². The molecule has 0 aliphatic rings. The second kappa shape index (κ2) is 6.44. The Bertz CT molecular complexity index is 716. The number of halogens is 2. The highest BCUT2D eigenvalue weighted by atomic mass is 79.9. The molecule has 4 nitrogen and oxygen atoms in total. The van der Waals surface area contributed by atoms with Crippen molar-refractivity contribution in [1.82, 2.24) is 0 Å². The zero-order chi connectivity index (χ0) is 14.8. The Hall–Kier alpha value is -0.600. The lowest BCUT2D eigenvalue weighted by Crippen LogP contribution is -2.11. The van der Waals surface area contributed by atoms with Gasteiger partial charge in [-0.3, -0.25) is 4.72 Å². The molecule has 2 aromatic rings. The van der Waals surface area contributed by atoms with E-state index in [1.165, 1.54) is 11.3 Å². The van der Waals surface area contributed by atoms with Crippen molar-refractivity contribution < 1.29 is 8.42 Å². The average Bonchev–Trinajstić information content (AvgIpc) is 2.83. The number of rotatable bonds is 5. The van der Waals surface area contributed by atoms with Crippen molar-refractivity contribution in [2.45, 2.75) is 10.6 Å². The van der Waals surface area contributed by atoms with E-state index in [-0.39, 0.29) is 4.21 Å². The van der Waals surface area contributed by atoms with Crippen LogP contribution in [0.3, 0.4) is 0 Å². The number of thiophene rings is 1. The largest absolute Gasteiger partial charge is 0.330 e. The van der Waals surface area contributed by atoms with Crippen LogP contribution >= 0.6 is 38.9 Å². The fraction of sp³-hybridized carbons (Fsp3) is 0.167. The van der Waals surface area contributed by atoms with Gasteiger partial charge in [-0.1, -0.05) is 11.6 Å². The van der Waals surface area contributed by atoms with Crippen LogP contribution in [0.25, 0.3) is 0 Å². The molecule has 108 valence electrons. The van der Waals surface area contributed by atoms with E-state index < -0.39 is 10.0 Å². The first-order valence-corrected chi connectivity index (χ1v) is 9.16. The van der Waals surface area contributed by atoms with Gasteiger partial charge in [0.15, 0.2) is 0 Å². The highest BCUT2D eigenvalue weighted by Gasteiger charge is 2.18. The number of sulfonamides is 1. The third-order valence-corrected chi connectivity index (χ3v) is 6.36. The van der Waals surface area contributed by atoms with Crippen LogP contribution < -0.4 is 10.5 Å². The van der Waals surface area contributed by atoms with E-state index in [4.69, 9.17) is 17.3 Å². The van der Waals surface area contributed by atoms with Crippen LogP contribution in [0, 0.1) is 0 Å². The summed E-state index contributed by atoms with van der Waals surface area (Å²) in [7, 11) is -3.59. The van der Waals surface area contributed by atoms with Gasteiger partial charge in [0.25, 0.3) is 10.0 Å². The van der Waals surface area contributed by atoms with Crippen molar-refractivity contribution in [3.8, 4) is 0 Å². The van der Waals surface area contributed by atoms with Gasteiger partial charge in [0.05, 0.1) is 5.69 Å². The number of anilines is 1. The predicted octanol–water partition coefficient (Wildman–Crippen LogP) is 3.47. The van der Waals surface area contributed by atoms with Crippen molar-refractivity contribution in [2.75, 3.05) is 11.3 Å². The molecule has 1 aromatic carbocycles. The van der Waals surface area contributed by atoms with Gasteiger partial charge in [0, 0.05) is 14.4 Å². The monoisotopic (exact) mass is 394 g/mol. The molecule has 0 bridgehead atoms. The number of nitrogens with one attached hydrogen (secondary N) is 1. The lowest BCUT2D eigenvalue weighted by atomic mass is 10.3. The predicted molar refractivity (Wildman–Crippen MR) is 87.0 cm³/mol. The molecule has 1 heterocycles. The maximum Gasteiger partial charge on any atom is 0.271 e. The normalized spacial score (nSPS) is 11.6. The van der Waals surface area contributed by atoms with E-state index in [1.54, 1.807) is 30.3 Å². The van der Waals surface area contributed by atoms with Gasteiger partial charge in [0.1, 0.15) is 4.21 Å². The molecule has 1 aromatic heterocycles. The summed E-state index contributed by atoms with van der Waals surface area (Å²) in [5.74, 6) is 0. The molecular formula is C12H12BrClN2O2S2. The van der Waals surface area contributed by atoms with Crippen LogP contribution in [0.15, 0.2) is 39.0 Å². The summed E-state index contributed by atoms with van der Waals surface area (Å²) in [6.45, 7) is 0.496. The summed E-state index contributed by atoms with van der Waals surface area (Å²) in [4.78, 5) is 0.947. The molecule has 0 fully saturated rings. The molecule has 0 unspecified atom stereocenters. The van der Waals surface area contributed by atoms with Gasteiger partial charge >= 0.3 is 0 Å². The molecule has 0 saturated heterocycles. The second-order valence-electron chi connectivity index (χ2n) is 3.99. The fourth-order valence-corrected chi connectivity index (χ4v) is 4.91. The third kappa shape index (κ3) is 3.73. The maximum absolute atomic E-state index is 12.3. The van der Waals surface area contributed by atoms with E-state index in [1.807, 2.05) is 0 Å². The van der Waals surface area contributed by atoms with Crippen LogP contribution in [-0.2, 0) is 16.4 Å². The zero-order valence-electron chi connectivity index (χ0n) is 10.3. The van der Waals surface area contributed by atoms with Gasteiger partial charge in [-0.25, -0.2) is 8.42 Å². The van der Waals surface area contributed by atoms with Crippen molar-refractivity contribution in [2.24, 2.45) is 5.73 Å². The molecule has 0 saturated carbocycles. The van der Waals surface area contributed by atoms with Crippen molar-refractivity contribution in [3.63, 3.8) is 0 Å². The smallest absolute Gasteiger partial charge is 0.271 e. The fourth-order valence-electron chi connectivity index (χ4n) is 1.55. The average molecular weight is 396 g/mol. The Labute approximate surface area is 135 Å². The Morgan fingerprint density at radius 1 is 1.30 bits per heavy atom. The molecule has 0 atom stereocenters. The summed E-state index contributed by atoms with van der Waals surface area (Å²) in [6.07, 6.45) is 0.671. The van der Waals surface area contributed by atoms with Crippen molar-refractivity contribution in [3.05, 3.63) is 44.7 Å². The number of hydrogen-bond donors (Lipinski definition) is 2. The lowest BCUT2D eigenvalue weighted by Gasteiger charge is -2.08. The Kier molecular flexibility index (Phi) is 5.09. The summed E-state index contributed by atoms with van der Waals surface area (Å²) in [5.41, 5.74) is 5.91. The van der Waals surface area contributed by atoms with E-state index in [0.717, 1.165) is 4.88 Å². The van der Waals surface area contributed by atoms with Crippen LogP contribution in [0.4, 0.5) is 5.69 Å². The highest BCUT2D eigenvalue weighted by Crippen LogP contribution is 2.29. The van der Waals surface area contributed by atoms with Gasteiger partial charge in [-0.15, -0.1) is 11.3 Å². The van der Waals surface area contributed by atoms with Gasteiger partial charge in [-0.05, 0) is 59.2 Å². The molecule has 20 heavy (non-hydrogen) atoms. The minimum absolute atomic E-state index is 0.266. The zero-order valence-corrected chi connectivity index (χ0v) is 14.2. The summed E-state index contributed by atoms with van der Waals surface area (Å²) in [5, 5.41) is 0.529. The molecule has 0 spiro atoms. The van der Waals surface area contributed by atoms with Crippen LogP contribution in [0.2, 0.25) is 5.02 Å². The molecule has 0 aliphatic heterocycles. The quantitative estimate of drug-likeness (QED) is 0.814. The Balaban J connectivity index is 2.26. The second-order valence-corrected chi connectivity index (χ2v) is 8.36. The number of benzene rings is 1. The molecule has 0 aliphatic carbocycles. The van der Waals surface area contributed by atoms with Crippen LogP contribution in [-0.4, -0.2) is 15.0 Å². The molecular weight excluding hydrogens is 384 g/mol. The van der Waals surface area contributed by atoms with E-state index in [2.05, 4.69) is 20.7 Å². The van der Waals surface area contributed by atoms with E-state index in [0.29, 0.717) is 28.1 Å². The van der Waals surface area contributed by atoms with E-state index in [9.17, 15) is 8.42 Å². The van der Waals surface area contributed by atoms with E-state index >= 15 is 0 Å². The lowest BCUT2D eigenvalue weighted by molar-refractivity contribution is 0.603. The molecule has 3 N–H and O–H groups in total. The summed E-state index contributed by atoms with van der Waals surface area (Å²) in [6, 6.07) is 8.23. The summed E-state index contributed by atoms with van der Waals surface area (Å²) >= 11 is 10.3. The Morgan fingerprint density at radius 2 is 2.05 bits per heavy atom. The Morgan fingerprint density at radius 3 is 2.70 bits per heavy atom. The number of hydrogen-bond acceptors (Lipinski definition) is 4. The van der Waals surface area contributed by atoms with Crippen LogP contribution in [0.1, 0.15) is 4.88 Å². The first-order valence-electron chi connectivity index (χ1n) is 5.69. The summed E-state index contributed by atoms with van der Waals surface area (Å²) < 4.78 is 27.9. The standard InChI is InChI=1S/C12H12BrClN2O2S2/c13-10-7-8(14)1-3-11(10)16-20(17,18)12-4-2-9(19-12)5-6-15/h1-4,7,16H,5-6,15H2. The van der Waals surface area contributed by atoms with Gasteiger partial charge in [-0.2, -0.15) is 0 Å². The van der Waals surface area contributed by atoms with Crippen LogP contribution in [0.5, 0.6) is 0 Å². The van der Waals surface area contributed by atoms with Crippen molar-refractivity contribution >= 4 is 54.6 Å². The SMILES string of the molecule is NCCc1ccc(S(=O)(=O)Nc2ccc(Cl)cc2Br)s1. The minimum Gasteiger partial charge on any atom is -0.330 e. The van der Waals surface area contributed by atoms with Gasteiger partial charge in [0.2, 0.25) is 0 Å². The molecule has 0 amide bonds.